The minimum absolute atomic E-state index is 0.0311. The maximum Gasteiger partial charge on any atom is 0.119 e. The number of hydrogen-bond acceptors (Lipinski definition) is 9. The Balaban J connectivity index is 1.69. The lowest BCUT2D eigenvalue weighted by Crippen LogP contribution is -2.15. The van der Waals surface area contributed by atoms with Gasteiger partial charge in [-0.25, -0.2) is 0 Å². The summed E-state index contributed by atoms with van der Waals surface area (Å²) in [5.41, 5.74) is 6.32. The van der Waals surface area contributed by atoms with Gasteiger partial charge in [-0.3, -0.25) is 0 Å². The summed E-state index contributed by atoms with van der Waals surface area (Å²) in [5.74, 6) is 0.775. The van der Waals surface area contributed by atoms with Crippen LogP contribution in [-0.4, -0.2) is 97.6 Å². The Morgan fingerprint density at radius 1 is 0.517 bits per heavy atom. The molecule has 1 rings (SSSR count). The van der Waals surface area contributed by atoms with Gasteiger partial charge in [-0.05, 0) is 24.3 Å². The lowest BCUT2D eigenvalue weighted by molar-refractivity contribution is -0.0191. The largest absolute Gasteiger partial charge is 0.491 e. The molecule has 0 heterocycles. The molecule has 9 heteroatoms. The maximum atomic E-state index is 8.53. The fourth-order valence-electron chi connectivity index (χ4n) is 2.05. The third kappa shape index (κ3) is 17.1. The van der Waals surface area contributed by atoms with Crippen LogP contribution in [0.1, 0.15) is 0 Å². The highest BCUT2D eigenvalue weighted by Gasteiger charge is 1.96. The Labute approximate surface area is 172 Å². The average molecular weight is 417 g/mol. The number of aliphatic hydroxyl groups is 1. The van der Waals surface area contributed by atoms with Crippen LogP contribution < -0.4 is 10.5 Å². The lowest BCUT2D eigenvalue weighted by atomic mass is 10.3. The van der Waals surface area contributed by atoms with Crippen molar-refractivity contribution in [2.45, 2.75) is 0 Å². The van der Waals surface area contributed by atoms with Crippen LogP contribution in [0.2, 0.25) is 0 Å². The first-order chi connectivity index (χ1) is 14.3. The Bertz CT molecular complexity index is 460. The standard InChI is InChI=1S/C20H35NO8/c21-19-1-3-20(4-2-19)29-18-17-28-16-15-27-14-13-26-12-11-25-10-9-24-8-7-23-6-5-22/h1-4,22H,5-18,21H2. The predicted molar refractivity (Wildman–Crippen MR) is 108 cm³/mol. The Hall–Kier alpha value is -1.46. The fraction of sp³-hybridized carbons (Fsp3) is 0.700. The van der Waals surface area contributed by atoms with Gasteiger partial charge in [0.05, 0.1) is 85.9 Å². The summed E-state index contributed by atoms with van der Waals surface area (Å²) >= 11 is 0. The van der Waals surface area contributed by atoms with Gasteiger partial charge in [-0.1, -0.05) is 0 Å². The molecule has 0 bridgehead atoms. The molecular formula is C20H35NO8. The normalized spacial score (nSPS) is 11.1. The van der Waals surface area contributed by atoms with E-state index in [0.29, 0.717) is 91.6 Å². The first kappa shape index (κ1) is 25.6. The molecular weight excluding hydrogens is 382 g/mol. The first-order valence-electron chi connectivity index (χ1n) is 9.88. The highest BCUT2D eigenvalue weighted by Crippen LogP contribution is 2.12. The molecule has 0 atom stereocenters. The highest BCUT2D eigenvalue weighted by molar-refractivity contribution is 5.41. The van der Waals surface area contributed by atoms with Crippen LogP contribution >= 0.6 is 0 Å². The van der Waals surface area contributed by atoms with E-state index >= 15 is 0 Å². The van der Waals surface area contributed by atoms with Gasteiger partial charge in [0, 0.05) is 5.69 Å². The highest BCUT2D eigenvalue weighted by atomic mass is 16.6. The third-order valence-corrected chi connectivity index (χ3v) is 3.47. The van der Waals surface area contributed by atoms with Crippen LogP contribution in [-0.2, 0) is 28.4 Å². The summed E-state index contributed by atoms with van der Waals surface area (Å²) in [7, 11) is 0. The van der Waals surface area contributed by atoms with Crippen molar-refractivity contribution in [2.24, 2.45) is 0 Å². The second-order valence-electron chi connectivity index (χ2n) is 5.82. The summed E-state index contributed by atoms with van der Waals surface area (Å²) in [6.45, 7) is 6.45. The molecule has 0 fully saturated rings. The number of hydrogen-bond donors (Lipinski definition) is 2. The summed E-state index contributed by atoms with van der Waals surface area (Å²) in [5, 5.41) is 8.53. The Morgan fingerprint density at radius 3 is 1.24 bits per heavy atom. The van der Waals surface area contributed by atoms with Crippen molar-refractivity contribution in [1.82, 2.24) is 0 Å². The monoisotopic (exact) mass is 417 g/mol. The second kappa shape index (κ2) is 19.8. The van der Waals surface area contributed by atoms with Gasteiger partial charge in [0.1, 0.15) is 12.4 Å². The molecule has 0 amide bonds. The van der Waals surface area contributed by atoms with Gasteiger partial charge < -0.3 is 44.0 Å². The maximum absolute atomic E-state index is 8.53. The molecule has 0 aliphatic rings. The summed E-state index contributed by atoms with van der Waals surface area (Å²) < 4.78 is 37.5. The Morgan fingerprint density at radius 2 is 0.862 bits per heavy atom. The van der Waals surface area contributed by atoms with Crippen molar-refractivity contribution in [2.75, 3.05) is 98.2 Å². The van der Waals surface area contributed by atoms with Crippen molar-refractivity contribution in [3.8, 4) is 5.75 Å². The SMILES string of the molecule is Nc1ccc(OCCOCCOCCOCCOCCOCCOCCO)cc1. The van der Waals surface area contributed by atoms with Crippen LogP contribution in [0.3, 0.4) is 0 Å². The van der Waals surface area contributed by atoms with Crippen molar-refractivity contribution >= 4 is 5.69 Å². The lowest BCUT2D eigenvalue weighted by Gasteiger charge is -2.09. The van der Waals surface area contributed by atoms with E-state index in [9.17, 15) is 0 Å². The zero-order valence-electron chi connectivity index (χ0n) is 17.1. The number of benzene rings is 1. The van der Waals surface area contributed by atoms with Gasteiger partial charge in [0.2, 0.25) is 0 Å². The zero-order chi connectivity index (χ0) is 20.8. The number of anilines is 1. The number of ether oxygens (including phenoxy) is 7. The molecule has 0 saturated heterocycles. The predicted octanol–water partition coefficient (Wildman–Crippen LogP) is 0.740. The van der Waals surface area contributed by atoms with Crippen molar-refractivity contribution < 1.29 is 38.3 Å². The first-order valence-corrected chi connectivity index (χ1v) is 9.88. The number of aliphatic hydroxyl groups excluding tert-OH is 1. The van der Waals surface area contributed by atoms with Crippen LogP contribution in [0, 0.1) is 0 Å². The second-order valence-corrected chi connectivity index (χ2v) is 5.82. The van der Waals surface area contributed by atoms with Crippen LogP contribution in [0.25, 0.3) is 0 Å². The number of rotatable bonds is 21. The minimum atomic E-state index is 0.0311. The molecule has 0 radical (unpaired) electrons. The van der Waals surface area contributed by atoms with E-state index in [-0.39, 0.29) is 6.61 Å². The van der Waals surface area contributed by atoms with Crippen LogP contribution in [0.15, 0.2) is 24.3 Å². The van der Waals surface area contributed by atoms with E-state index in [1.54, 1.807) is 12.1 Å². The molecule has 0 aliphatic carbocycles. The van der Waals surface area contributed by atoms with Crippen LogP contribution in [0.4, 0.5) is 5.69 Å². The zero-order valence-corrected chi connectivity index (χ0v) is 17.1. The minimum Gasteiger partial charge on any atom is -0.491 e. The van der Waals surface area contributed by atoms with Crippen molar-refractivity contribution in [3.05, 3.63) is 24.3 Å². The van der Waals surface area contributed by atoms with Gasteiger partial charge in [-0.15, -0.1) is 0 Å². The van der Waals surface area contributed by atoms with E-state index in [1.165, 1.54) is 0 Å². The molecule has 168 valence electrons. The van der Waals surface area contributed by atoms with E-state index in [0.717, 1.165) is 5.75 Å². The molecule has 29 heavy (non-hydrogen) atoms. The molecule has 3 N–H and O–H groups in total. The smallest absolute Gasteiger partial charge is 0.119 e. The van der Waals surface area contributed by atoms with E-state index in [2.05, 4.69) is 0 Å². The Kier molecular flexibility index (Phi) is 17.5. The summed E-state index contributed by atoms with van der Waals surface area (Å²) in [6, 6.07) is 7.25. The molecule has 0 spiro atoms. The van der Waals surface area contributed by atoms with Gasteiger partial charge in [0.25, 0.3) is 0 Å². The molecule has 0 aromatic heterocycles. The summed E-state index contributed by atoms with van der Waals surface area (Å²) in [6.07, 6.45) is 0. The van der Waals surface area contributed by atoms with Gasteiger partial charge in [-0.2, -0.15) is 0 Å². The quantitative estimate of drug-likeness (QED) is 0.221. The van der Waals surface area contributed by atoms with Gasteiger partial charge in [0.15, 0.2) is 0 Å². The molecule has 0 unspecified atom stereocenters. The molecule has 9 nitrogen and oxygen atoms in total. The molecule has 0 aliphatic heterocycles. The van der Waals surface area contributed by atoms with E-state index in [1.807, 2.05) is 12.1 Å². The van der Waals surface area contributed by atoms with E-state index < -0.39 is 0 Å². The molecule has 1 aromatic rings. The number of nitrogens with two attached hydrogens (primary N) is 1. The van der Waals surface area contributed by atoms with Crippen molar-refractivity contribution in [3.63, 3.8) is 0 Å². The molecule has 0 saturated carbocycles. The van der Waals surface area contributed by atoms with Gasteiger partial charge >= 0.3 is 0 Å². The number of nitrogen functional groups attached to an aromatic ring is 1. The average Bonchev–Trinajstić information content (AvgIpc) is 2.73. The summed E-state index contributed by atoms with van der Waals surface area (Å²) in [4.78, 5) is 0. The van der Waals surface area contributed by atoms with Crippen molar-refractivity contribution in [1.29, 1.82) is 0 Å². The molecule has 1 aromatic carbocycles. The topological polar surface area (TPSA) is 111 Å². The fourth-order valence-corrected chi connectivity index (χ4v) is 2.05. The third-order valence-electron chi connectivity index (χ3n) is 3.47. The van der Waals surface area contributed by atoms with E-state index in [4.69, 9.17) is 44.0 Å². The van der Waals surface area contributed by atoms with Crippen LogP contribution in [0.5, 0.6) is 5.75 Å².